The van der Waals surface area contributed by atoms with Crippen LogP contribution in [0, 0.1) is 0 Å². The van der Waals surface area contributed by atoms with E-state index >= 15 is 0 Å². The molecule has 0 saturated carbocycles. The second-order valence-electron chi connectivity index (χ2n) is 4.41. The van der Waals surface area contributed by atoms with E-state index in [1.54, 1.807) is 6.92 Å². The molecule has 0 aliphatic rings. The highest BCUT2D eigenvalue weighted by Gasteiger charge is 2.36. The van der Waals surface area contributed by atoms with E-state index in [1.165, 1.54) is 35.8 Å². The average Bonchev–Trinajstić information content (AvgIpc) is 2.36. The first kappa shape index (κ1) is 17.4. The number of benzene rings is 1. The SMILES string of the molecule is CSCC(C)N(C)C(=O)c1ccc(Br)cc1C(F)(F)F. The van der Waals surface area contributed by atoms with Crippen LogP contribution in [0.1, 0.15) is 22.8 Å². The zero-order valence-electron chi connectivity index (χ0n) is 11.3. The van der Waals surface area contributed by atoms with Gasteiger partial charge in [0.15, 0.2) is 0 Å². The molecule has 0 saturated heterocycles. The molecule has 1 rings (SSSR count). The Hall–Kier alpha value is -0.690. The largest absolute Gasteiger partial charge is 0.417 e. The number of alkyl halides is 3. The first-order valence-electron chi connectivity index (χ1n) is 5.81. The molecule has 0 N–H and O–H groups in total. The third kappa shape index (κ3) is 4.15. The van der Waals surface area contributed by atoms with E-state index in [0.29, 0.717) is 10.2 Å². The number of thioether (sulfide) groups is 1. The number of hydrogen-bond acceptors (Lipinski definition) is 2. The van der Waals surface area contributed by atoms with E-state index in [4.69, 9.17) is 0 Å². The summed E-state index contributed by atoms with van der Waals surface area (Å²) < 4.78 is 39.3. The van der Waals surface area contributed by atoms with Gasteiger partial charge in [0.05, 0.1) is 11.1 Å². The first-order valence-corrected chi connectivity index (χ1v) is 8.00. The predicted octanol–water partition coefficient (Wildman–Crippen LogP) is 4.29. The lowest BCUT2D eigenvalue weighted by Gasteiger charge is -2.25. The quantitative estimate of drug-likeness (QED) is 0.788. The second kappa shape index (κ2) is 6.85. The number of carbonyl (C=O) groups is 1. The van der Waals surface area contributed by atoms with Crippen LogP contribution in [0.3, 0.4) is 0 Å². The molecule has 0 radical (unpaired) electrons. The Labute approximate surface area is 128 Å². The molecule has 7 heteroatoms. The van der Waals surface area contributed by atoms with Crippen LogP contribution in [0.4, 0.5) is 13.2 Å². The summed E-state index contributed by atoms with van der Waals surface area (Å²) in [4.78, 5) is 13.6. The van der Waals surface area contributed by atoms with Gasteiger partial charge in [0, 0.05) is 23.3 Å². The first-order chi connectivity index (χ1) is 9.18. The van der Waals surface area contributed by atoms with Crippen LogP contribution in [-0.4, -0.2) is 35.9 Å². The maximum Gasteiger partial charge on any atom is 0.417 e. The van der Waals surface area contributed by atoms with Crippen molar-refractivity contribution >= 4 is 33.6 Å². The Morgan fingerprint density at radius 3 is 2.55 bits per heavy atom. The summed E-state index contributed by atoms with van der Waals surface area (Å²) in [5.41, 5.74) is -1.24. The monoisotopic (exact) mass is 369 g/mol. The fourth-order valence-electron chi connectivity index (χ4n) is 1.68. The molecule has 0 aliphatic heterocycles. The average molecular weight is 370 g/mol. The van der Waals surface area contributed by atoms with Crippen LogP contribution >= 0.6 is 27.7 Å². The van der Waals surface area contributed by atoms with Crippen molar-refractivity contribution in [3.05, 3.63) is 33.8 Å². The van der Waals surface area contributed by atoms with Crippen molar-refractivity contribution < 1.29 is 18.0 Å². The molecule has 1 aromatic carbocycles. The van der Waals surface area contributed by atoms with Crippen molar-refractivity contribution in [3.8, 4) is 0 Å². The van der Waals surface area contributed by atoms with E-state index in [9.17, 15) is 18.0 Å². The molecular weight excluding hydrogens is 355 g/mol. The van der Waals surface area contributed by atoms with Crippen molar-refractivity contribution in [1.82, 2.24) is 4.90 Å². The number of nitrogens with zero attached hydrogens (tertiary/aromatic N) is 1. The van der Waals surface area contributed by atoms with Crippen molar-refractivity contribution in [2.75, 3.05) is 19.1 Å². The fourth-order valence-corrected chi connectivity index (χ4v) is 2.75. The standard InChI is InChI=1S/C13H15BrF3NOS/c1-8(7-20-3)18(2)12(19)10-5-4-9(14)6-11(10)13(15,16)17/h4-6,8H,7H2,1-3H3. The van der Waals surface area contributed by atoms with Gasteiger partial charge in [-0.2, -0.15) is 24.9 Å². The minimum absolute atomic E-state index is 0.137. The van der Waals surface area contributed by atoms with Crippen LogP contribution in [0.15, 0.2) is 22.7 Å². The summed E-state index contributed by atoms with van der Waals surface area (Å²) >= 11 is 4.54. The van der Waals surface area contributed by atoms with Crippen LogP contribution in [0.5, 0.6) is 0 Å². The summed E-state index contributed by atoms with van der Waals surface area (Å²) in [6, 6.07) is 3.44. The normalized spacial score (nSPS) is 13.2. The Balaban J connectivity index is 3.16. The number of amides is 1. The molecule has 2 nitrogen and oxygen atoms in total. The van der Waals surface area contributed by atoms with Gasteiger partial charge < -0.3 is 4.90 Å². The summed E-state index contributed by atoms with van der Waals surface area (Å²) in [6.07, 6.45) is -2.67. The highest BCUT2D eigenvalue weighted by molar-refractivity contribution is 9.10. The number of carbonyl (C=O) groups excluding carboxylic acids is 1. The molecular formula is C13H15BrF3NOS. The Kier molecular flexibility index (Phi) is 5.94. The molecule has 0 spiro atoms. The second-order valence-corrected chi connectivity index (χ2v) is 6.23. The van der Waals surface area contributed by atoms with E-state index < -0.39 is 17.6 Å². The van der Waals surface area contributed by atoms with Gasteiger partial charge in [0.25, 0.3) is 5.91 Å². The number of hydrogen-bond donors (Lipinski definition) is 0. The highest BCUT2D eigenvalue weighted by Crippen LogP contribution is 2.34. The Morgan fingerprint density at radius 1 is 1.45 bits per heavy atom. The van der Waals surface area contributed by atoms with Crippen molar-refractivity contribution in [2.24, 2.45) is 0 Å². The lowest BCUT2D eigenvalue weighted by atomic mass is 10.1. The van der Waals surface area contributed by atoms with Gasteiger partial charge in [-0.1, -0.05) is 15.9 Å². The Bertz CT molecular complexity index is 493. The molecule has 1 amide bonds. The smallest absolute Gasteiger partial charge is 0.338 e. The summed E-state index contributed by atoms with van der Waals surface area (Å²) in [5.74, 6) is 0.0477. The van der Waals surface area contributed by atoms with Crippen LogP contribution in [0.25, 0.3) is 0 Å². The molecule has 0 fully saturated rings. The number of halogens is 4. The van der Waals surface area contributed by atoms with Gasteiger partial charge in [-0.15, -0.1) is 0 Å². The predicted molar refractivity (Wildman–Crippen MR) is 79.1 cm³/mol. The molecule has 1 unspecified atom stereocenters. The maximum absolute atomic E-state index is 13.0. The molecule has 112 valence electrons. The zero-order valence-corrected chi connectivity index (χ0v) is 13.7. The molecule has 0 bridgehead atoms. The molecule has 0 aromatic heterocycles. The van der Waals surface area contributed by atoms with Gasteiger partial charge >= 0.3 is 6.18 Å². The lowest BCUT2D eigenvalue weighted by molar-refractivity contribution is -0.138. The number of rotatable bonds is 4. The lowest BCUT2D eigenvalue weighted by Crippen LogP contribution is -2.37. The van der Waals surface area contributed by atoms with Gasteiger partial charge in [0.2, 0.25) is 0 Å². The van der Waals surface area contributed by atoms with Crippen LogP contribution in [-0.2, 0) is 6.18 Å². The van der Waals surface area contributed by atoms with Crippen LogP contribution < -0.4 is 0 Å². The van der Waals surface area contributed by atoms with E-state index in [1.807, 2.05) is 6.26 Å². The minimum atomic E-state index is -4.56. The molecule has 0 aliphatic carbocycles. The van der Waals surface area contributed by atoms with E-state index in [0.717, 1.165) is 6.07 Å². The summed E-state index contributed by atoms with van der Waals surface area (Å²) in [6.45, 7) is 1.81. The topological polar surface area (TPSA) is 20.3 Å². The molecule has 20 heavy (non-hydrogen) atoms. The van der Waals surface area contributed by atoms with Gasteiger partial charge in [-0.25, -0.2) is 0 Å². The van der Waals surface area contributed by atoms with Gasteiger partial charge in [0.1, 0.15) is 0 Å². The van der Waals surface area contributed by atoms with Crippen molar-refractivity contribution in [3.63, 3.8) is 0 Å². The summed E-state index contributed by atoms with van der Waals surface area (Å²) in [5, 5.41) is 0. The van der Waals surface area contributed by atoms with Gasteiger partial charge in [-0.3, -0.25) is 4.79 Å². The van der Waals surface area contributed by atoms with E-state index in [-0.39, 0.29) is 11.6 Å². The molecule has 0 heterocycles. The highest BCUT2D eigenvalue weighted by atomic mass is 79.9. The molecule has 1 aromatic rings. The van der Waals surface area contributed by atoms with E-state index in [2.05, 4.69) is 15.9 Å². The fraction of sp³-hybridized carbons (Fsp3) is 0.462. The third-order valence-electron chi connectivity index (χ3n) is 2.91. The zero-order chi connectivity index (χ0) is 15.5. The minimum Gasteiger partial charge on any atom is -0.338 e. The molecule has 1 atom stereocenters. The summed E-state index contributed by atoms with van der Waals surface area (Å²) in [7, 11) is 1.52. The van der Waals surface area contributed by atoms with Crippen LogP contribution in [0.2, 0.25) is 0 Å². The van der Waals surface area contributed by atoms with Crippen molar-refractivity contribution in [2.45, 2.75) is 19.1 Å². The van der Waals surface area contributed by atoms with Crippen molar-refractivity contribution in [1.29, 1.82) is 0 Å². The van der Waals surface area contributed by atoms with Gasteiger partial charge in [-0.05, 0) is 31.4 Å². The maximum atomic E-state index is 13.0. The Morgan fingerprint density at radius 2 is 2.05 bits per heavy atom. The third-order valence-corrected chi connectivity index (χ3v) is 4.22.